The van der Waals surface area contributed by atoms with Crippen LogP contribution in [-0.4, -0.2) is 14.3 Å². The van der Waals surface area contributed by atoms with E-state index in [1.54, 1.807) is 12.1 Å². The zero-order valence-corrected chi connectivity index (χ0v) is 17.9. The first-order chi connectivity index (χ1) is 15.5. The number of nitrogens with one attached hydrogen (secondary N) is 2. The molecule has 0 bridgehead atoms. The Balaban J connectivity index is 1.27. The monoisotopic (exact) mass is 444 g/mol. The highest BCUT2D eigenvalue weighted by Gasteiger charge is 2.19. The second-order valence-corrected chi connectivity index (χ2v) is 9.36. The molecular formula is C25H20N2O4S. The third-order valence-electron chi connectivity index (χ3n) is 5.49. The van der Waals surface area contributed by atoms with Crippen molar-refractivity contribution in [3.8, 4) is 11.1 Å². The Hall–Kier alpha value is -3.68. The van der Waals surface area contributed by atoms with Gasteiger partial charge in [-0.15, -0.1) is 0 Å². The standard InChI is InChI=1S/C25H20N2O4S/c28-25(27-20-9-12-24-19(15-20)14-18-4-1-2-6-23(18)24)17-7-10-22(11-8-17)32(29,30)26-16-21-5-3-13-31-21/h1-13,15,26H,14,16H2,(H,27,28). The molecule has 0 radical (unpaired) electrons. The van der Waals surface area contributed by atoms with E-state index < -0.39 is 10.0 Å². The van der Waals surface area contributed by atoms with E-state index in [0.29, 0.717) is 17.0 Å². The summed E-state index contributed by atoms with van der Waals surface area (Å²) >= 11 is 0. The number of fused-ring (bicyclic) bond motifs is 3. The van der Waals surface area contributed by atoms with Crippen molar-refractivity contribution in [3.63, 3.8) is 0 Å². The molecule has 2 N–H and O–H groups in total. The topological polar surface area (TPSA) is 88.4 Å². The van der Waals surface area contributed by atoms with Gasteiger partial charge in [-0.1, -0.05) is 30.3 Å². The van der Waals surface area contributed by atoms with Crippen molar-refractivity contribution in [2.75, 3.05) is 5.32 Å². The van der Waals surface area contributed by atoms with Crippen LogP contribution in [0.25, 0.3) is 11.1 Å². The first kappa shape index (κ1) is 20.2. The molecule has 7 heteroatoms. The largest absolute Gasteiger partial charge is 0.468 e. The van der Waals surface area contributed by atoms with Gasteiger partial charge in [0.05, 0.1) is 17.7 Å². The van der Waals surface area contributed by atoms with Crippen molar-refractivity contribution in [1.82, 2.24) is 4.72 Å². The molecule has 0 spiro atoms. The fourth-order valence-corrected chi connectivity index (χ4v) is 4.87. The van der Waals surface area contributed by atoms with Gasteiger partial charge in [0.1, 0.15) is 5.76 Å². The number of amides is 1. The van der Waals surface area contributed by atoms with Gasteiger partial charge in [0.2, 0.25) is 10.0 Å². The lowest BCUT2D eigenvalue weighted by Gasteiger charge is -2.09. The quantitative estimate of drug-likeness (QED) is 0.401. The van der Waals surface area contributed by atoms with Crippen molar-refractivity contribution >= 4 is 21.6 Å². The lowest BCUT2D eigenvalue weighted by atomic mass is 10.1. The lowest BCUT2D eigenvalue weighted by molar-refractivity contribution is 0.102. The number of hydrogen-bond acceptors (Lipinski definition) is 4. The average molecular weight is 445 g/mol. The van der Waals surface area contributed by atoms with E-state index in [-0.39, 0.29) is 17.3 Å². The maximum absolute atomic E-state index is 12.7. The molecule has 0 atom stereocenters. The average Bonchev–Trinajstić information content (AvgIpc) is 3.45. The molecule has 1 aliphatic rings. The summed E-state index contributed by atoms with van der Waals surface area (Å²) in [6, 6.07) is 23.4. The van der Waals surface area contributed by atoms with Crippen LogP contribution in [0.15, 0.2) is 94.4 Å². The van der Waals surface area contributed by atoms with E-state index in [0.717, 1.165) is 6.42 Å². The summed E-state index contributed by atoms with van der Waals surface area (Å²) < 4.78 is 32.5. The Kier molecular flexibility index (Phi) is 5.13. The first-order valence-electron chi connectivity index (χ1n) is 10.1. The van der Waals surface area contributed by atoms with Crippen molar-refractivity contribution in [2.24, 2.45) is 0 Å². The van der Waals surface area contributed by atoms with E-state index in [2.05, 4.69) is 22.2 Å². The number of carbonyl (C=O) groups excluding carboxylic acids is 1. The zero-order chi connectivity index (χ0) is 22.1. The van der Waals surface area contributed by atoms with Gasteiger partial charge < -0.3 is 9.73 Å². The van der Waals surface area contributed by atoms with E-state index in [1.807, 2.05) is 30.3 Å². The van der Waals surface area contributed by atoms with Crippen LogP contribution in [0, 0.1) is 0 Å². The number of carbonyl (C=O) groups is 1. The van der Waals surface area contributed by atoms with Gasteiger partial charge in [0.25, 0.3) is 5.91 Å². The molecule has 0 saturated carbocycles. The summed E-state index contributed by atoms with van der Waals surface area (Å²) in [6.07, 6.45) is 2.32. The van der Waals surface area contributed by atoms with Gasteiger partial charge in [0, 0.05) is 11.3 Å². The smallest absolute Gasteiger partial charge is 0.255 e. The highest BCUT2D eigenvalue weighted by atomic mass is 32.2. The molecule has 4 aromatic rings. The van der Waals surface area contributed by atoms with E-state index in [9.17, 15) is 13.2 Å². The van der Waals surface area contributed by atoms with Crippen LogP contribution in [0.4, 0.5) is 5.69 Å². The van der Waals surface area contributed by atoms with Gasteiger partial charge in [-0.25, -0.2) is 13.1 Å². The summed E-state index contributed by atoms with van der Waals surface area (Å²) in [5.41, 5.74) is 5.96. The molecule has 1 amide bonds. The molecule has 0 unspecified atom stereocenters. The minimum absolute atomic E-state index is 0.0553. The van der Waals surface area contributed by atoms with Crippen molar-refractivity contribution in [3.05, 3.63) is 108 Å². The highest BCUT2D eigenvalue weighted by Crippen LogP contribution is 2.37. The summed E-state index contributed by atoms with van der Waals surface area (Å²) in [4.78, 5) is 12.8. The Morgan fingerprint density at radius 2 is 1.66 bits per heavy atom. The van der Waals surface area contributed by atoms with E-state index in [1.165, 1.54) is 52.8 Å². The van der Waals surface area contributed by atoms with Crippen LogP contribution in [0.1, 0.15) is 27.2 Å². The number of anilines is 1. The van der Waals surface area contributed by atoms with Crippen molar-refractivity contribution in [2.45, 2.75) is 17.9 Å². The molecule has 5 rings (SSSR count). The molecule has 1 aliphatic carbocycles. The first-order valence-corrected chi connectivity index (χ1v) is 11.6. The minimum Gasteiger partial charge on any atom is -0.468 e. The van der Waals surface area contributed by atoms with Gasteiger partial charge in [-0.05, 0) is 77.2 Å². The van der Waals surface area contributed by atoms with Crippen LogP contribution in [-0.2, 0) is 23.0 Å². The molecule has 1 aromatic heterocycles. The van der Waals surface area contributed by atoms with Crippen LogP contribution in [0.2, 0.25) is 0 Å². The number of benzene rings is 3. The number of furan rings is 1. The lowest BCUT2D eigenvalue weighted by Crippen LogP contribution is -2.23. The van der Waals surface area contributed by atoms with Gasteiger partial charge in [0.15, 0.2) is 0 Å². The number of sulfonamides is 1. The molecule has 1 heterocycles. The minimum atomic E-state index is -3.71. The summed E-state index contributed by atoms with van der Waals surface area (Å²) in [5, 5.41) is 2.90. The van der Waals surface area contributed by atoms with Crippen LogP contribution in [0.3, 0.4) is 0 Å². The Bertz CT molecular complexity index is 1390. The highest BCUT2D eigenvalue weighted by molar-refractivity contribution is 7.89. The summed E-state index contributed by atoms with van der Waals surface area (Å²) in [5.74, 6) is 0.218. The molecular weight excluding hydrogens is 424 g/mol. The zero-order valence-electron chi connectivity index (χ0n) is 17.0. The molecule has 6 nitrogen and oxygen atoms in total. The van der Waals surface area contributed by atoms with Crippen molar-refractivity contribution in [1.29, 1.82) is 0 Å². The normalized spacial score (nSPS) is 12.2. The summed E-state index contributed by atoms with van der Waals surface area (Å²) in [6.45, 7) is 0.0553. The third-order valence-corrected chi connectivity index (χ3v) is 6.91. The molecule has 32 heavy (non-hydrogen) atoms. The molecule has 0 aliphatic heterocycles. The predicted octanol–water partition coefficient (Wildman–Crippen LogP) is 4.58. The van der Waals surface area contributed by atoms with Crippen LogP contribution >= 0.6 is 0 Å². The fourth-order valence-electron chi connectivity index (χ4n) is 3.87. The maximum atomic E-state index is 12.7. The number of hydrogen-bond donors (Lipinski definition) is 2. The fraction of sp³-hybridized carbons (Fsp3) is 0.0800. The van der Waals surface area contributed by atoms with E-state index >= 15 is 0 Å². The SMILES string of the molecule is O=C(Nc1ccc2c(c1)Cc1ccccc1-2)c1ccc(S(=O)(=O)NCc2ccco2)cc1. The molecule has 3 aromatic carbocycles. The van der Waals surface area contributed by atoms with E-state index in [4.69, 9.17) is 4.42 Å². The second-order valence-electron chi connectivity index (χ2n) is 7.59. The number of rotatable bonds is 6. The Morgan fingerprint density at radius 3 is 2.44 bits per heavy atom. The Labute approximate surface area is 186 Å². The van der Waals surface area contributed by atoms with Crippen molar-refractivity contribution < 1.29 is 17.6 Å². The Morgan fingerprint density at radius 1 is 0.875 bits per heavy atom. The third kappa shape index (κ3) is 3.95. The molecule has 0 saturated heterocycles. The van der Waals surface area contributed by atoms with Gasteiger partial charge in [-0.3, -0.25) is 4.79 Å². The predicted molar refractivity (Wildman–Crippen MR) is 122 cm³/mol. The van der Waals surface area contributed by atoms with Gasteiger partial charge >= 0.3 is 0 Å². The molecule has 160 valence electrons. The maximum Gasteiger partial charge on any atom is 0.255 e. The summed E-state index contributed by atoms with van der Waals surface area (Å²) in [7, 11) is -3.71. The molecule has 0 fully saturated rings. The van der Waals surface area contributed by atoms with Crippen LogP contribution in [0.5, 0.6) is 0 Å². The second kappa shape index (κ2) is 8.11. The van der Waals surface area contributed by atoms with Crippen LogP contribution < -0.4 is 10.0 Å². The van der Waals surface area contributed by atoms with Gasteiger partial charge in [-0.2, -0.15) is 0 Å².